The molecule has 0 radical (unpaired) electrons. The first-order valence-electron chi connectivity index (χ1n) is 10.2. The van der Waals surface area contributed by atoms with Crippen LogP contribution in [0.25, 0.3) is 0 Å². The third-order valence-electron chi connectivity index (χ3n) is 6.22. The molecule has 4 unspecified atom stereocenters. The van der Waals surface area contributed by atoms with Crippen LogP contribution in [0.5, 0.6) is 0 Å². The highest BCUT2D eigenvalue weighted by Gasteiger charge is 2.44. The van der Waals surface area contributed by atoms with Crippen molar-refractivity contribution in [1.82, 2.24) is 4.90 Å². The maximum Gasteiger partial charge on any atom is 0.174 e. The van der Waals surface area contributed by atoms with Crippen LogP contribution < -0.4 is 0 Å². The molecule has 2 aliphatic carbocycles. The van der Waals surface area contributed by atoms with E-state index < -0.39 is 6.29 Å². The number of methoxy groups -OCH3 is 1. The minimum absolute atomic E-state index is 0.0888. The number of likely N-dealkylation sites (N-methyl/N-ethyl adjacent to an activating group) is 1. The largest absolute Gasteiger partial charge is 0.501 e. The van der Waals surface area contributed by atoms with Crippen molar-refractivity contribution < 1.29 is 14.9 Å². The van der Waals surface area contributed by atoms with Gasteiger partial charge in [-0.25, -0.2) is 0 Å². The first-order chi connectivity index (χ1) is 12.9. The number of allylic oxidation sites excluding steroid dienone is 3. The Morgan fingerprint density at radius 3 is 2.78 bits per heavy atom. The van der Waals surface area contributed by atoms with Crippen molar-refractivity contribution in [2.45, 2.75) is 57.8 Å². The molecule has 2 N–H and O–H groups in total. The predicted molar refractivity (Wildman–Crippen MR) is 111 cm³/mol. The van der Waals surface area contributed by atoms with Gasteiger partial charge in [-0.05, 0) is 63.1 Å². The second-order valence-electron chi connectivity index (χ2n) is 8.01. The average molecular weight is 376 g/mol. The smallest absolute Gasteiger partial charge is 0.174 e. The van der Waals surface area contributed by atoms with Crippen molar-refractivity contribution in [1.29, 1.82) is 0 Å². The van der Waals surface area contributed by atoms with Gasteiger partial charge >= 0.3 is 0 Å². The van der Waals surface area contributed by atoms with Crippen LogP contribution in [0.3, 0.4) is 0 Å². The average Bonchev–Trinajstić information content (AvgIpc) is 2.61. The van der Waals surface area contributed by atoms with Gasteiger partial charge in [0.1, 0.15) is 0 Å². The molecular formula is C23H37NO3. The van der Waals surface area contributed by atoms with Crippen LogP contribution in [-0.4, -0.2) is 48.1 Å². The van der Waals surface area contributed by atoms with Gasteiger partial charge in [-0.15, -0.1) is 6.58 Å². The SMILES string of the molecule is C=CC(CC)CCC(=C)CN(C)C1C=C(C(O)O)C1C1CCCC=C1OC. The van der Waals surface area contributed by atoms with E-state index >= 15 is 0 Å². The molecule has 4 atom stereocenters. The number of hydrogen-bond acceptors (Lipinski definition) is 4. The van der Waals surface area contributed by atoms with Crippen LogP contribution >= 0.6 is 0 Å². The van der Waals surface area contributed by atoms with Gasteiger partial charge in [0.2, 0.25) is 0 Å². The molecule has 0 saturated carbocycles. The fourth-order valence-corrected chi connectivity index (χ4v) is 4.50. The molecule has 2 aliphatic rings. The quantitative estimate of drug-likeness (QED) is 0.423. The molecule has 0 bridgehead atoms. The zero-order valence-electron chi connectivity index (χ0n) is 17.2. The number of aliphatic hydroxyl groups excluding tert-OH is 1. The van der Waals surface area contributed by atoms with E-state index in [-0.39, 0.29) is 17.9 Å². The monoisotopic (exact) mass is 375 g/mol. The minimum Gasteiger partial charge on any atom is -0.501 e. The van der Waals surface area contributed by atoms with Crippen LogP contribution in [0.2, 0.25) is 0 Å². The summed E-state index contributed by atoms with van der Waals surface area (Å²) in [6.45, 7) is 11.2. The summed E-state index contributed by atoms with van der Waals surface area (Å²) in [5.41, 5.74) is 1.94. The van der Waals surface area contributed by atoms with Gasteiger partial charge in [0.05, 0.1) is 12.9 Å². The van der Waals surface area contributed by atoms with Crippen molar-refractivity contribution in [3.8, 4) is 0 Å². The summed E-state index contributed by atoms with van der Waals surface area (Å²) in [7, 11) is 3.82. The summed E-state index contributed by atoms with van der Waals surface area (Å²) in [4.78, 5) is 2.29. The molecule has 27 heavy (non-hydrogen) atoms. The normalized spacial score (nSPS) is 26.3. The summed E-state index contributed by atoms with van der Waals surface area (Å²) < 4.78 is 5.61. The highest BCUT2D eigenvalue weighted by molar-refractivity contribution is 5.32. The van der Waals surface area contributed by atoms with E-state index in [1.54, 1.807) is 7.11 Å². The lowest BCUT2D eigenvalue weighted by Gasteiger charge is -2.47. The lowest BCUT2D eigenvalue weighted by Crippen LogP contribution is -2.50. The second-order valence-corrected chi connectivity index (χ2v) is 8.01. The Bertz CT molecular complexity index is 578. The Hall–Kier alpha value is -1.36. The van der Waals surface area contributed by atoms with Crippen molar-refractivity contribution in [3.05, 3.63) is 48.3 Å². The maximum absolute atomic E-state index is 9.79. The molecule has 0 aromatic heterocycles. The highest BCUT2D eigenvalue weighted by Crippen LogP contribution is 2.45. The molecule has 152 valence electrons. The van der Waals surface area contributed by atoms with Gasteiger partial charge in [-0.3, -0.25) is 4.90 Å². The molecule has 4 heteroatoms. The number of aliphatic hydroxyl groups is 2. The third-order valence-corrected chi connectivity index (χ3v) is 6.22. The first-order valence-corrected chi connectivity index (χ1v) is 10.2. The Kier molecular flexibility index (Phi) is 8.33. The lowest BCUT2D eigenvalue weighted by atomic mass is 9.67. The minimum atomic E-state index is -1.39. The van der Waals surface area contributed by atoms with Crippen molar-refractivity contribution >= 4 is 0 Å². The van der Waals surface area contributed by atoms with Crippen molar-refractivity contribution in [2.75, 3.05) is 20.7 Å². The van der Waals surface area contributed by atoms with Gasteiger partial charge in [0.15, 0.2) is 6.29 Å². The summed E-state index contributed by atoms with van der Waals surface area (Å²) in [6.07, 6.45) is 11.2. The maximum atomic E-state index is 9.79. The van der Waals surface area contributed by atoms with Crippen molar-refractivity contribution in [3.63, 3.8) is 0 Å². The van der Waals surface area contributed by atoms with Crippen LogP contribution in [0.15, 0.2) is 48.3 Å². The molecule has 0 saturated heterocycles. The fraction of sp³-hybridized carbons (Fsp3) is 0.652. The first kappa shape index (κ1) is 21.9. The van der Waals surface area contributed by atoms with E-state index in [0.29, 0.717) is 5.92 Å². The fourth-order valence-electron chi connectivity index (χ4n) is 4.50. The van der Waals surface area contributed by atoms with E-state index in [4.69, 9.17) is 4.74 Å². The molecule has 0 aromatic rings. The summed E-state index contributed by atoms with van der Waals surface area (Å²) in [5, 5.41) is 19.6. The van der Waals surface area contributed by atoms with E-state index in [1.807, 2.05) is 12.2 Å². The molecule has 0 amide bonds. The number of nitrogens with zero attached hydrogens (tertiary/aromatic N) is 1. The standard InChI is InChI=1S/C23H37NO3/c1-6-17(7-2)13-12-16(3)15-24(4)20-14-19(23(25)26)22(20)18-10-8-9-11-21(18)27-5/h6,11,14,17-18,20,22-23,25-26H,1,3,7-10,12-13,15H2,2,4-5H3. The second kappa shape index (κ2) is 10.3. The van der Waals surface area contributed by atoms with Gasteiger partial charge in [0, 0.05) is 24.4 Å². The van der Waals surface area contributed by atoms with E-state index in [1.165, 1.54) is 5.57 Å². The topological polar surface area (TPSA) is 52.9 Å². The van der Waals surface area contributed by atoms with E-state index in [2.05, 4.69) is 38.1 Å². The van der Waals surface area contributed by atoms with Gasteiger partial charge in [-0.2, -0.15) is 0 Å². The summed E-state index contributed by atoms with van der Waals surface area (Å²) in [6, 6.07) is 0.182. The van der Waals surface area contributed by atoms with Crippen LogP contribution in [0.1, 0.15) is 45.4 Å². The Morgan fingerprint density at radius 2 is 2.19 bits per heavy atom. The van der Waals surface area contributed by atoms with Gasteiger partial charge < -0.3 is 14.9 Å². The lowest BCUT2D eigenvalue weighted by molar-refractivity contribution is -0.0338. The van der Waals surface area contributed by atoms with Crippen LogP contribution in [0, 0.1) is 17.8 Å². The Morgan fingerprint density at radius 1 is 1.44 bits per heavy atom. The Balaban J connectivity index is 2.02. The number of ether oxygens (including phenoxy) is 1. The van der Waals surface area contributed by atoms with Crippen molar-refractivity contribution in [2.24, 2.45) is 17.8 Å². The molecule has 0 fully saturated rings. The molecule has 4 nitrogen and oxygen atoms in total. The molecule has 2 rings (SSSR count). The van der Waals surface area contributed by atoms with E-state index in [0.717, 1.165) is 56.4 Å². The number of hydrogen-bond donors (Lipinski definition) is 2. The molecular weight excluding hydrogens is 338 g/mol. The molecule has 0 aromatic carbocycles. The summed E-state index contributed by atoms with van der Waals surface area (Å²) in [5.74, 6) is 1.85. The third kappa shape index (κ3) is 5.34. The summed E-state index contributed by atoms with van der Waals surface area (Å²) >= 11 is 0. The Labute approximate surface area is 164 Å². The zero-order chi connectivity index (χ0) is 20.0. The molecule has 0 aliphatic heterocycles. The molecule has 0 spiro atoms. The number of rotatable bonds is 11. The van der Waals surface area contributed by atoms with E-state index in [9.17, 15) is 10.2 Å². The van der Waals surface area contributed by atoms with Crippen LogP contribution in [0.4, 0.5) is 0 Å². The predicted octanol–water partition coefficient (Wildman–Crippen LogP) is 4.03. The molecule has 0 heterocycles. The van der Waals surface area contributed by atoms with Gasteiger partial charge in [-0.1, -0.05) is 31.2 Å². The zero-order valence-corrected chi connectivity index (χ0v) is 17.2. The van der Waals surface area contributed by atoms with Crippen LogP contribution in [-0.2, 0) is 4.74 Å². The van der Waals surface area contributed by atoms with Gasteiger partial charge in [0.25, 0.3) is 0 Å². The highest BCUT2D eigenvalue weighted by atomic mass is 16.5.